The number of rotatable bonds is 5. The van der Waals surface area contributed by atoms with E-state index < -0.39 is 0 Å². The van der Waals surface area contributed by atoms with Gasteiger partial charge in [-0.05, 0) is 65.0 Å². The molecule has 0 bridgehead atoms. The van der Waals surface area contributed by atoms with Crippen molar-refractivity contribution in [1.29, 1.82) is 0 Å². The lowest BCUT2D eigenvalue weighted by Gasteiger charge is -2.43. The largest absolute Gasteiger partial charge is 0.315 e. The van der Waals surface area contributed by atoms with E-state index in [0.717, 1.165) is 23.9 Å². The van der Waals surface area contributed by atoms with Gasteiger partial charge in [-0.15, -0.1) is 0 Å². The second-order valence-corrected chi connectivity index (χ2v) is 6.29. The SMILES string of the molecule is CCC1CCC(NC)C(N(C)C(C)C2CC2)C1. The van der Waals surface area contributed by atoms with Crippen LogP contribution in [0.15, 0.2) is 0 Å². The van der Waals surface area contributed by atoms with Crippen molar-refractivity contribution in [1.82, 2.24) is 10.2 Å². The van der Waals surface area contributed by atoms with Crippen LogP contribution in [0.5, 0.6) is 0 Å². The average Bonchev–Trinajstić information content (AvgIpc) is 3.20. The van der Waals surface area contributed by atoms with Gasteiger partial charge in [0.1, 0.15) is 0 Å². The van der Waals surface area contributed by atoms with E-state index in [1.807, 2.05) is 0 Å². The van der Waals surface area contributed by atoms with Gasteiger partial charge in [-0.1, -0.05) is 13.3 Å². The van der Waals surface area contributed by atoms with Gasteiger partial charge in [0, 0.05) is 18.1 Å². The Hall–Kier alpha value is -0.0800. The molecule has 100 valence electrons. The molecule has 2 nitrogen and oxygen atoms in total. The van der Waals surface area contributed by atoms with E-state index in [-0.39, 0.29) is 0 Å². The zero-order valence-corrected chi connectivity index (χ0v) is 12.1. The van der Waals surface area contributed by atoms with Crippen LogP contribution >= 0.6 is 0 Å². The maximum absolute atomic E-state index is 3.55. The Morgan fingerprint density at radius 3 is 2.47 bits per heavy atom. The monoisotopic (exact) mass is 238 g/mol. The average molecular weight is 238 g/mol. The summed E-state index contributed by atoms with van der Waals surface area (Å²) in [6, 6.07) is 2.25. The first-order chi connectivity index (χ1) is 8.17. The molecule has 0 radical (unpaired) electrons. The van der Waals surface area contributed by atoms with Crippen molar-refractivity contribution < 1.29 is 0 Å². The predicted molar refractivity (Wildman–Crippen MR) is 74.2 cm³/mol. The zero-order chi connectivity index (χ0) is 12.4. The van der Waals surface area contributed by atoms with Crippen molar-refractivity contribution >= 4 is 0 Å². The number of hydrogen-bond acceptors (Lipinski definition) is 2. The van der Waals surface area contributed by atoms with Gasteiger partial charge in [0.25, 0.3) is 0 Å². The third kappa shape index (κ3) is 3.03. The molecule has 2 heteroatoms. The van der Waals surface area contributed by atoms with Crippen LogP contribution in [-0.2, 0) is 0 Å². The summed E-state index contributed by atoms with van der Waals surface area (Å²) in [6.45, 7) is 4.78. The minimum absolute atomic E-state index is 0.712. The molecule has 0 aliphatic heterocycles. The second kappa shape index (κ2) is 5.71. The molecule has 0 spiro atoms. The molecule has 4 unspecified atom stereocenters. The Kier molecular flexibility index (Phi) is 4.48. The van der Waals surface area contributed by atoms with Crippen LogP contribution in [0.3, 0.4) is 0 Å². The number of hydrogen-bond donors (Lipinski definition) is 1. The molecule has 2 rings (SSSR count). The molecule has 0 heterocycles. The topological polar surface area (TPSA) is 15.3 Å². The van der Waals surface area contributed by atoms with E-state index in [2.05, 4.69) is 38.2 Å². The van der Waals surface area contributed by atoms with Crippen LogP contribution in [0.1, 0.15) is 52.4 Å². The molecule has 2 fully saturated rings. The predicted octanol–water partition coefficient (Wildman–Crippen LogP) is 2.88. The van der Waals surface area contributed by atoms with Crippen molar-refractivity contribution in [3.63, 3.8) is 0 Å². The van der Waals surface area contributed by atoms with Crippen LogP contribution in [0.2, 0.25) is 0 Å². The Balaban J connectivity index is 1.97. The van der Waals surface area contributed by atoms with Crippen LogP contribution in [0.25, 0.3) is 0 Å². The molecular weight excluding hydrogens is 208 g/mol. The van der Waals surface area contributed by atoms with Gasteiger partial charge >= 0.3 is 0 Å². The fourth-order valence-corrected chi connectivity index (χ4v) is 3.60. The van der Waals surface area contributed by atoms with Crippen molar-refractivity contribution in [2.75, 3.05) is 14.1 Å². The Morgan fingerprint density at radius 2 is 1.94 bits per heavy atom. The summed E-state index contributed by atoms with van der Waals surface area (Å²) >= 11 is 0. The van der Waals surface area contributed by atoms with E-state index in [4.69, 9.17) is 0 Å². The van der Waals surface area contributed by atoms with E-state index in [0.29, 0.717) is 6.04 Å². The lowest BCUT2D eigenvalue weighted by molar-refractivity contribution is 0.0831. The molecule has 2 aliphatic rings. The third-order valence-corrected chi connectivity index (χ3v) is 5.34. The van der Waals surface area contributed by atoms with E-state index in [1.54, 1.807) is 0 Å². The van der Waals surface area contributed by atoms with Gasteiger partial charge in [-0.25, -0.2) is 0 Å². The maximum atomic E-state index is 3.55. The summed E-state index contributed by atoms with van der Waals surface area (Å²) in [5.41, 5.74) is 0. The van der Waals surface area contributed by atoms with Crippen molar-refractivity contribution in [3.05, 3.63) is 0 Å². The first-order valence-corrected chi connectivity index (χ1v) is 7.56. The van der Waals surface area contributed by atoms with Crippen molar-refractivity contribution in [2.24, 2.45) is 11.8 Å². The first-order valence-electron chi connectivity index (χ1n) is 7.56. The fourth-order valence-electron chi connectivity index (χ4n) is 3.60. The van der Waals surface area contributed by atoms with Gasteiger partial charge in [0.2, 0.25) is 0 Å². The lowest BCUT2D eigenvalue weighted by Crippen LogP contribution is -2.53. The molecule has 4 atom stereocenters. The van der Waals surface area contributed by atoms with Gasteiger partial charge < -0.3 is 5.32 Å². The van der Waals surface area contributed by atoms with Gasteiger partial charge in [0.05, 0.1) is 0 Å². The van der Waals surface area contributed by atoms with E-state index in [1.165, 1.54) is 38.5 Å². The summed E-state index contributed by atoms with van der Waals surface area (Å²) in [5.74, 6) is 1.94. The minimum atomic E-state index is 0.712. The highest BCUT2D eigenvalue weighted by Crippen LogP contribution is 2.38. The number of nitrogens with zero attached hydrogens (tertiary/aromatic N) is 1. The van der Waals surface area contributed by atoms with E-state index in [9.17, 15) is 0 Å². The quantitative estimate of drug-likeness (QED) is 0.792. The highest BCUT2D eigenvalue weighted by Gasteiger charge is 2.37. The van der Waals surface area contributed by atoms with Crippen LogP contribution in [0, 0.1) is 11.8 Å². The Bertz CT molecular complexity index is 237. The Labute approximate surface area is 107 Å². The smallest absolute Gasteiger partial charge is 0.0251 e. The molecule has 0 aromatic carbocycles. The maximum Gasteiger partial charge on any atom is 0.0251 e. The Morgan fingerprint density at radius 1 is 1.24 bits per heavy atom. The lowest BCUT2D eigenvalue weighted by atomic mass is 9.80. The van der Waals surface area contributed by atoms with Crippen molar-refractivity contribution in [2.45, 2.75) is 70.5 Å². The molecule has 0 amide bonds. The first kappa shape index (κ1) is 13.4. The fraction of sp³-hybridized carbons (Fsp3) is 1.00. The van der Waals surface area contributed by atoms with Crippen LogP contribution < -0.4 is 5.32 Å². The molecule has 2 saturated carbocycles. The molecule has 0 saturated heterocycles. The van der Waals surface area contributed by atoms with E-state index >= 15 is 0 Å². The summed E-state index contributed by atoms with van der Waals surface area (Å²) in [4.78, 5) is 2.68. The minimum Gasteiger partial charge on any atom is -0.315 e. The van der Waals surface area contributed by atoms with Gasteiger partial charge in [0.15, 0.2) is 0 Å². The van der Waals surface area contributed by atoms with Crippen molar-refractivity contribution in [3.8, 4) is 0 Å². The standard InChI is InChI=1S/C15H30N2/c1-5-12-6-9-14(16-3)15(10-12)17(4)11(2)13-7-8-13/h11-16H,5-10H2,1-4H3. The van der Waals surface area contributed by atoms with Crippen LogP contribution in [0.4, 0.5) is 0 Å². The molecule has 1 N–H and O–H groups in total. The summed E-state index contributed by atoms with van der Waals surface area (Å²) in [7, 11) is 4.50. The zero-order valence-electron chi connectivity index (χ0n) is 12.1. The molecule has 17 heavy (non-hydrogen) atoms. The molecular formula is C15H30N2. The summed E-state index contributed by atoms with van der Waals surface area (Å²) in [5, 5.41) is 3.55. The third-order valence-electron chi connectivity index (χ3n) is 5.34. The highest BCUT2D eigenvalue weighted by molar-refractivity contribution is 4.94. The number of nitrogens with one attached hydrogen (secondary N) is 1. The highest BCUT2D eigenvalue weighted by atomic mass is 15.2. The van der Waals surface area contributed by atoms with Gasteiger partial charge in [-0.3, -0.25) is 4.90 Å². The normalized spacial score (nSPS) is 36.2. The second-order valence-electron chi connectivity index (χ2n) is 6.29. The molecule has 0 aromatic rings. The number of likely N-dealkylation sites (N-methyl/N-ethyl adjacent to an activating group) is 2. The van der Waals surface area contributed by atoms with Gasteiger partial charge in [-0.2, -0.15) is 0 Å². The summed E-state index contributed by atoms with van der Waals surface area (Å²) in [6.07, 6.45) is 8.46. The summed E-state index contributed by atoms with van der Waals surface area (Å²) < 4.78 is 0. The molecule has 2 aliphatic carbocycles. The van der Waals surface area contributed by atoms with Crippen LogP contribution in [-0.4, -0.2) is 37.1 Å². The molecule has 0 aromatic heterocycles.